The van der Waals surface area contributed by atoms with Crippen molar-refractivity contribution in [2.24, 2.45) is 22.2 Å². The van der Waals surface area contributed by atoms with Crippen molar-refractivity contribution in [2.45, 2.75) is 64.1 Å². The van der Waals surface area contributed by atoms with Crippen LogP contribution in [0.25, 0.3) is 0 Å². The summed E-state index contributed by atoms with van der Waals surface area (Å²) in [5.41, 5.74) is 15.4. The Labute approximate surface area is 169 Å². The average Bonchev–Trinajstić information content (AvgIpc) is 2.58. The molecule has 12 heteroatoms. The Kier molecular flexibility index (Phi) is 11.3. The van der Waals surface area contributed by atoms with Gasteiger partial charge in [-0.3, -0.25) is 19.4 Å². The van der Waals surface area contributed by atoms with Gasteiger partial charge in [0, 0.05) is 13.0 Å². The number of nitrogens with two attached hydrogens (primary N) is 3. The van der Waals surface area contributed by atoms with E-state index in [0.717, 1.165) is 0 Å². The minimum absolute atomic E-state index is 0.0465. The standard InChI is InChI=1S/C17H32N6O6/c1-17(2,3)29-13(25)7-6-10(18)14(26)22-9-12(24)23-11(15(27)28)5-4-8-21-16(19)20/h10-11H,4-9,18H2,1-3H3,(H,22,26)(H,23,24)(H,27,28)(H4,19,20,21)/t10-,11+/m1/s1. The van der Waals surface area contributed by atoms with Crippen LogP contribution in [-0.4, -0.2) is 65.6 Å². The molecule has 0 aromatic heterocycles. The van der Waals surface area contributed by atoms with E-state index in [4.69, 9.17) is 27.0 Å². The topological polar surface area (TPSA) is 212 Å². The Morgan fingerprint density at radius 1 is 1.14 bits per heavy atom. The molecule has 0 fully saturated rings. The van der Waals surface area contributed by atoms with Crippen LogP contribution < -0.4 is 27.8 Å². The van der Waals surface area contributed by atoms with Gasteiger partial charge in [-0.1, -0.05) is 0 Å². The number of carbonyl (C=O) groups is 4. The normalized spacial score (nSPS) is 13.0. The molecule has 0 aliphatic rings. The molecule has 0 aliphatic heterocycles. The first-order chi connectivity index (χ1) is 13.3. The zero-order valence-corrected chi connectivity index (χ0v) is 17.1. The van der Waals surface area contributed by atoms with Gasteiger partial charge in [0.2, 0.25) is 11.8 Å². The number of esters is 1. The highest BCUT2D eigenvalue weighted by molar-refractivity contribution is 5.89. The molecule has 0 aromatic carbocycles. The Morgan fingerprint density at radius 2 is 1.76 bits per heavy atom. The average molecular weight is 416 g/mol. The predicted molar refractivity (Wildman–Crippen MR) is 106 cm³/mol. The van der Waals surface area contributed by atoms with Gasteiger partial charge in [-0.15, -0.1) is 0 Å². The fourth-order valence-corrected chi connectivity index (χ4v) is 2.10. The van der Waals surface area contributed by atoms with Crippen molar-refractivity contribution in [3.05, 3.63) is 0 Å². The monoisotopic (exact) mass is 416 g/mol. The summed E-state index contributed by atoms with van der Waals surface area (Å²) in [6, 6.07) is -2.15. The Morgan fingerprint density at radius 3 is 2.28 bits per heavy atom. The van der Waals surface area contributed by atoms with E-state index in [1.54, 1.807) is 20.8 Å². The van der Waals surface area contributed by atoms with Gasteiger partial charge >= 0.3 is 11.9 Å². The molecule has 0 bridgehead atoms. The summed E-state index contributed by atoms with van der Waals surface area (Å²) >= 11 is 0. The van der Waals surface area contributed by atoms with Crippen LogP contribution in [0, 0.1) is 0 Å². The highest BCUT2D eigenvalue weighted by Crippen LogP contribution is 2.09. The summed E-state index contributed by atoms with van der Waals surface area (Å²) in [6.07, 6.45) is 0.456. The number of carbonyl (C=O) groups excluding carboxylic acids is 3. The first-order valence-corrected chi connectivity index (χ1v) is 9.14. The summed E-state index contributed by atoms with van der Waals surface area (Å²) in [7, 11) is 0. The lowest BCUT2D eigenvalue weighted by atomic mass is 10.1. The van der Waals surface area contributed by atoms with E-state index in [1.807, 2.05) is 0 Å². The van der Waals surface area contributed by atoms with Gasteiger partial charge in [0.1, 0.15) is 11.6 Å². The van der Waals surface area contributed by atoms with Gasteiger partial charge in [-0.05, 0) is 40.0 Å². The first kappa shape index (κ1) is 26.1. The first-order valence-electron chi connectivity index (χ1n) is 9.14. The summed E-state index contributed by atoms with van der Waals surface area (Å²) in [4.78, 5) is 50.4. The van der Waals surface area contributed by atoms with Crippen molar-refractivity contribution in [1.82, 2.24) is 10.6 Å². The number of hydrogen-bond donors (Lipinski definition) is 6. The second-order valence-corrected chi connectivity index (χ2v) is 7.36. The van der Waals surface area contributed by atoms with Crippen LogP contribution in [0.15, 0.2) is 4.99 Å². The number of nitrogens with zero attached hydrogens (tertiary/aromatic N) is 1. The van der Waals surface area contributed by atoms with Gasteiger partial charge in [0.15, 0.2) is 5.96 Å². The number of guanidine groups is 1. The van der Waals surface area contributed by atoms with Gasteiger partial charge in [0.25, 0.3) is 0 Å². The zero-order valence-electron chi connectivity index (χ0n) is 17.1. The molecule has 0 rings (SSSR count). The largest absolute Gasteiger partial charge is 0.480 e. The molecular weight excluding hydrogens is 384 g/mol. The summed E-state index contributed by atoms with van der Waals surface area (Å²) < 4.78 is 5.12. The molecule has 0 saturated heterocycles. The number of aliphatic imine (C=N–C) groups is 1. The van der Waals surface area contributed by atoms with Crippen molar-refractivity contribution in [2.75, 3.05) is 13.1 Å². The fourth-order valence-electron chi connectivity index (χ4n) is 2.10. The third-order valence-electron chi connectivity index (χ3n) is 3.42. The molecule has 0 spiro atoms. The lowest BCUT2D eigenvalue weighted by molar-refractivity contribution is -0.155. The van der Waals surface area contributed by atoms with Gasteiger partial charge in [-0.2, -0.15) is 0 Å². The Balaban J connectivity index is 4.31. The highest BCUT2D eigenvalue weighted by Gasteiger charge is 2.22. The molecule has 0 heterocycles. The maximum absolute atomic E-state index is 11.9. The third kappa shape index (κ3) is 13.9. The molecule has 0 aliphatic carbocycles. The summed E-state index contributed by atoms with van der Waals surface area (Å²) in [5, 5.41) is 13.7. The van der Waals surface area contributed by atoms with Crippen LogP contribution in [0.2, 0.25) is 0 Å². The van der Waals surface area contributed by atoms with Crippen molar-refractivity contribution in [1.29, 1.82) is 0 Å². The Bertz CT molecular complexity index is 612. The molecule has 2 atom stereocenters. The van der Waals surface area contributed by atoms with Crippen LogP contribution in [-0.2, 0) is 23.9 Å². The molecule has 2 amide bonds. The van der Waals surface area contributed by atoms with Crippen molar-refractivity contribution in [3.8, 4) is 0 Å². The number of rotatable bonds is 12. The lowest BCUT2D eigenvalue weighted by Crippen LogP contribution is -2.48. The molecule has 0 radical (unpaired) electrons. The van der Waals surface area contributed by atoms with Gasteiger partial charge in [0.05, 0.1) is 12.6 Å². The minimum Gasteiger partial charge on any atom is -0.480 e. The van der Waals surface area contributed by atoms with E-state index < -0.39 is 48.0 Å². The summed E-state index contributed by atoms with van der Waals surface area (Å²) in [5.74, 6) is -3.13. The summed E-state index contributed by atoms with van der Waals surface area (Å²) in [6.45, 7) is 4.95. The highest BCUT2D eigenvalue weighted by atomic mass is 16.6. The van der Waals surface area contributed by atoms with E-state index in [-0.39, 0.29) is 31.8 Å². The van der Waals surface area contributed by atoms with Crippen molar-refractivity contribution >= 4 is 29.7 Å². The molecule has 29 heavy (non-hydrogen) atoms. The molecule has 0 unspecified atom stereocenters. The van der Waals surface area contributed by atoms with Crippen LogP contribution in [0.1, 0.15) is 46.5 Å². The zero-order chi connectivity index (χ0) is 22.6. The third-order valence-corrected chi connectivity index (χ3v) is 3.42. The second kappa shape index (κ2) is 12.5. The molecule has 0 saturated carbocycles. The second-order valence-electron chi connectivity index (χ2n) is 7.36. The molecule has 166 valence electrons. The van der Waals surface area contributed by atoms with E-state index in [2.05, 4.69) is 15.6 Å². The number of aliphatic carboxylic acids is 1. The van der Waals surface area contributed by atoms with E-state index >= 15 is 0 Å². The predicted octanol–water partition coefficient (Wildman–Crippen LogP) is -1.83. The number of carboxylic acid groups (broad SMARTS) is 1. The van der Waals surface area contributed by atoms with E-state index in [9.17, 15) is 19.2 Å². The Hall–Kier alpha value is -2.89. The molecular formula is C17H32N6O6. The quantitative estimate of drug-likeness (QED) is 0.0912. The smallest absolute Gasteiger partial charge is 0.326 e. The SMILES string of the molecule is CC(C)(C)OC(=O)CC[C@@H](N)C(=O)NCC(=O)N[C@@H](CCCN=C(N)N)C(=O)O. The maximum Gasteiger partial charge on any atom is 0.326 e. The number of nitrogens with one attached hydrogen (secondary N) is 2. The van der Waals surface area contributed by atoms with Gasteiger partial charge in [-0.25, -0.2) is 4.79 Å². The van der Waals surface area contributed by atoms with E-state index in [1.165, 1.54) is 0 Å². The molecule has 12 nitrogen and oxygen atoms in total. The molecule has 9 N–H and O–H groups in total. The lowest BCUT2D eigenvalue weighted by Gasteiger charge is -2.20. The van der Waals surface area contributed by atoms with Crippen LogP contribution >= 0.6 is 0 Å². The molecule has 0 aromatic rings. The fraction of sp³-hybridized carbons (Fsp3) is 0.706. The van der Waals surface area contributed by atoms with Crippen LogP contribution in [0.5, 0.6) is 0 Å². The minimum atomic E-state index is -1.22. The number of amides is 2. The van der Waals surface area contributed by atoms with E-state index in [0.29, 0.717) is 6.42 Å². The number of hydrogen-bond acceptors (Lipinski definition) is 7. The van der Waals surface area contributed by atoms with Crippen molar-refractivity contribution < 1.29 is 29.0 Å². The van der Waals surface area contributed by atoms with Crippen molar-refractivity contribution in [3.63, 3.8) is 0 Å². The maximum atomic E-state index is 11.9. The van der Waals surface area contributed by atoms with Crippen LogP contribution in [0.4, 0.5) is 0 Å². The number of ether oxygens (including phenoxy) is 1. The van der Waals surface area contributed by atoms with Gasteiger partial charge < -0.3 is 37.7 Å². The number of carboxylic acids is 1. The van der Waals surface area contributed by atoms with Crippen LogP contribution in [0.3, 0.4) is 0 Å².